The van der Waals surface area contributed by atoms with Crippen molar-refractivity contribution in [2.24, 2.45) is 5.41 Å². The molecular weight excluding hydrogens is 937 g/mol. The summed E-state index contributed by atoms with van der Waals surface area (Å²) in [6.07, 6.45) is 1.40. The van der Waals surface area contributed by atoms with E-state index < -0.39 is 40.4 Å². The second-order valence-electron chi connectivity index (χ2n) is 16.6. The van der Waals surface area contributed by atoms with Gasteiger partial charge in [-0.15, -0.1) is 53.6 Å². The summed E-state index contributed by atoms with van der Waals surface area (Å²) >= 11 is 0. The van der Waals surface area contributed by atoms with Crippen molar-refractivity contribution in [3.05, 3.63) is 162 Å². The minimum absolute atomic E-state index is 0. The summed E-state index contributed by atoms with van der Waals surface area (Å²) in [4.78, 5) is 8.93. The van der Waals surface area contributed by atoms with Gasteiger partial charge in [-0.3, -0.25) is 0 Å². The van der Waals surface area contributed by atoms with Crippen LogP contribution in [0.2, 0.25) is 18.1 Å². The number of benzene rings is 6. The largest absolute Gasteiger partial charge is 0.501 e. The van der Waals surface area contributed by atoms with Crippen LogP contribution in [0.1, 0.15) is 78.9 Å². The summed E-state index contributed by atoms with van der Waals surface area (Å²) in [5.74, 6) is 0. The number of fused-ring (bicyclic) bond motifs is 6. The molecule has 0 aliphatic heterocycles. The second kappa shape index (κ2) is 18.0. The van der Waals surface area contributed by atoms with Crippen molar-refractivity contribution < 1.29 is 39.6 Å². The molecule has 0 spiro atoms. The molecular formula is C56H56IrN2OSi-2. The first-order valence-corrected chi connectivity index (χ1v) is 23.3. The van der Waals surface area contributed by atoms with Crippen LogP contribution in [-0.2, 0) is 26.5 Å². The average molecular weight is 1000 g/mol. The van der Waals surface area contributed by atoms with Gasteiger partial charge in [0.1, 0.15) is 5.58 Å². The van der Waals surface area contributed by atoms with Gasteiger partial charge in [-0.25, -0.2) is 0 Å². The van der Waals surface area contributed by atoms with E-state index in [0.717, 1.165) is 61.2 Å². The van der Waals surface area contributed by atoms with Crippen LogP contribution in [-0.4, -0.2) is 18.0 Å². The minimum atomic E-state index is -2.52. The van der Waals surface area contributed by atoms with Gasteiger partial charge in [0.25, 0.3) is 0 Å². The Bertz CT molecular complexity index is 3400. The van der Waals surface area contributed by atoms with Crippen molar-refractivity contribution in [3.63, 3.8) is 0 Å². The molecule has 0 atom stereocenters. The monoisotopic (exact) mass is 1000 g/mol. The molecule has 9 aromatic rings. The van der Waals surface area contributed by atoms with Crippen molar-refractivity contribution in [3.8, 4) is 33.6 Å². The third-order valence-electron chi connectivity index (χ3n) is 11.8. The van der Waals surface area contributed by atoms with Crippen molar-refractivity contribution in [2.45, 2.75) is 86.6 Å². The molecule has 0 aliphatic rings. The third-order valence-corrected chi connectivity index (χ3v) is 17.4. The van der Waals surface area contributed by atoms with E-state index in [1.807, 2.05) is 63.2 Å². The van der Waals surface area contributed by atoms with Crippen molar-refractivity contribution in [2.75, 3.05) is 0 Å². The van der Waals surface area contributed by atoms with E-state index >= 15 is 0 Å². The van der Waals surface area contributed by atoms with Gasteiger partial charge in [-0.2, -0.15) is 0 Å². The van der Waals surface area contributed by atoms with Crippen LogP contribution in [0, 0.1) is 38.1 Å². The van der Waals surface area contributed by atoms with Crippen LogP contribution in [0.15, 0.2) is 132 Å². The number of aryl methyl sites for hydroxylation is 3. The zero-order valence-corrected chi connectivity index (χ0v) is 38.8. The van der Waals surface area contributed by atoms with E-state index in [1.165, 1.54) is 18.5 Å². The Morgan fingerprint density at radius 3 is 2.16 bits per heavy atom. The first kappa shape index (κ1) is 31.6. The van der Waals surface area contributed by atoms with Gasteiger partial charge in [0.2, 0.25) is 0 Å². The van der Waals surface area contributed by atoms with Crippen molar-refractivity contribution >= 4 is 56.7 Å². The number of nitrogens with zero attached hydrogens (tertiary/aromatic N) is 2. The molecule has 61 heavy (non-hydrogen) atoms. The predicted octanol–water partition coefficient (Wildman–Crippen LogP) is 15.2. The molecule has 0 fully saturated rings. The normalized spacial score (nSPS) is 15.3. The summed E-state index contributed by atoms with van der Waals surface area (Å²) in [7, 11) is -1.91. The van der Waals surface area contributed by atoms with Crippen LogP contribution in [0.25, 0.3) is 77.1 Å². The van der Waals surface area contributed by atoms with E-state index in [4.69, 9.17) is 19.5 Å². The predicted molar refractivity (Wildman–Crippen MR) is 259 cm³/mol. The zero-order valence-electron chi connectivity index (χ0n) is 46.4. The molecule has 0 bridgehead atoms. The number of furan rings is 1. The quantitative estimate of drug-likeness (QED) is 0.0865. The van der Waals surface area contributed by atoms with E-state index in [-0.39, 0.29) is 36.8 Å². The Kier molecular flexibility index (Phi) is 9.35. The Hall–Kier alpha value is -5.19. The number of pyridine rings is 2. The Morgan fingerprint density at radius 2 is 1.46 bits per heavy atom. The van der Waals surface area contributed by atoms with Crippen molar-refractivity contribution in [1.29, 1.82) is 0 Å². The van der Waals surface area contributed by atoms with Gasteiger partial charge in [-0.05, 0) is 98.4 Å². The van der Waals surface area contributed by atoms with Crippen molar-refractivity contribution in [1.82, 2.24) is 9.97 Å². The molecule has 0 N–H and O–H groups in total. The van der Waals surface area contributed by atoms with Gasteiger partial charge in [0.05, 0.1) is 13.7 Å². The van der Waals surface area contributed by atoms with Crippen LogP contribution < -0.4 is 5.19 Å². The van der Waals surface area contributed by atoms with Gasteiger partial charge in [0, 0.05) is 53.0 Å². The molecule has 0 unspecified atom stereocenters. The Morgan fingerprint density at radius 1 is 0.672 bits per heavy atom. The fourth-order valence-electron chi connectivity index (χ4n) is 8.36. The Balaban J connectivity index is 0.000000267. The SMILES string of the molecule is [2H]C([2H])([2H])c1c[c-]c(-c2ccc(C([2H])([2H])C(C)(C)C)cn2)cc1.[2H]C([2H])([2H])c1cnc(-c2[c-]ccc3c2oc2cc4c(ccc5ccccc54)cc23)cc1-c1ccc([Si](CC)(CC)CC)cc1C([2H])([2H])[2H].[Ir]. The number of hydrogen-bond donors (Lipinski definition) is 0. The third kappa shape index (κ3) is 8.93. The molecule has 9 rings (SSSR count). The Labute approximate surface area is 392 Å². The first-order valence-electron chi connectivity index (χ1n) is 26.1. The topological polar surface area (TPSA) is 38.9 Å². The molecule has 0 saturated heterocycles. The molecule has 0 saturated carbocycles. The van der Waals surface area contributed by atoms with Gasteiger partial charge in [-0.1, -0.05) is 155 Å². The molecule has 3 heterocycles. The fourth-order valence-corrected chi connectivity index (χ4v) is 12.0. The van der Waals surface area contributed by atoms with Crippen LogP contribution in [0.3, 0.4) is 0 Å². The maximum Gasteiger partial charge on any atom is 0.121 e. The molecule has 3 nitrogen and oxygen atoms in total. The van der Waals surface area contributed by atoms with Crippen LogP contribution in [0.5, 0.6) is 0 Å². The first-order chi connectivity index (χ1) is 33.3. The summed E-state index contributed by atoms with van der Waals surface area (Å²) in [6, 6.07) is 45.2. The summed E-state index contributed by atoms with van der Waals surface area (Å²) < 4.78 is 95.8. The zero-order chi connectivity index (χ0) is 51.5. The van der Waals surface area contributed by atoms with Gasteiger partial charge in [0.15, 0.2) is 0 Å². The fraction of sp³-hybridized carbons (Fsp3) is 0.250. The molecule has 0 amide bonds. The van der Waals surface area contributed by atoms with E-state index in [2.05, 4.69) is 79.3 Å². The number of hydrogen-bond acceptors (Lipinski definition) is 3. The number of rotatable bonds is 8. The summed E-state index contributed by atoms with van der Waals surface area (Å²) in [6.45, 7) is 4.99. The summed E-state index contributed by atoms with van der Waals surface area (Å²) in [5, 5.41) is 7.43. The standard InChI is InChI=1S/C39H36NOSi.C17H20N.Ir/c1-6-42(7-2,8-3)29-18-19-30(25(4)20-29)34-22-37(40-24-26(34)5)33-15-11-14-32-36-21-28-17-16-27-12-9-10-13-31(27)35(28)23-38(36)41-39(32)33;1-13-5-8-15(9-6-13)16-10-7-14(12-18-16)11-17(2,3)4;/h9-14,16-24H,6-8H2,1-5H3;5-8,10,12H,11H2,1-4H3;/q2*-1;/i4D3,5D3;1D3,11D2;. The maximum atomic E-state index is 8.53. The number of aromatic nitrogens is 2. The maximum absolute atomic E-state index is 8.53. The molecule has 5 heteroatoms. The van der Waals surface area contributed by atoms with E-state index in [0.29, 0.717) is 44.8 Å². The molecule has 1 radical (unpaired) electrons. The minimum Gasteiger partial charge on any atom is -0.501 e. The molecule has 311 valence electrons. The van der Waals surface area contributed by atoms with Crippen LogP contribution in [0.4, 0.5) is 0 Å². The second-order valence-corrected chi connectivity index (χ2v) is 21.8. The molecule has 6 aromatic carbocycles. The van der Waals surface area contributed by atoms with Crippen LogP contribution >= 0.6 is 0 Å². The smallest absolute Gasteiger partial charge is 0.121 e. The molecule has 3 aromatic heterocycles. The average Bonchev–Trinajstić information content (AvgIpc) is 3.70. The van der Waals surface area contributed by atoms with E-state index in [9.17, 15) is 0 Å². The molecule has 0 aliphatic carbocycles. The van der Waals surface area contributed by atoms with E-state index in [1.54, 1.807) is 30.3 Å². The van der Waals surface area contributed by atoms with Gasteiger partial charge >= 0.3 is 0 Å². The summed E-state index contributed by atoms with van der Waals surface area (Å²) in [5.41, 5.74) is 4.77. The van der Waals surface area contributed by atoms with Gasteiger partial charge < -0.3 is 14.4 Å².